The summed E-state index contributed by atoms with van der Waals surface area (Å²) in [5, 5.41) is 8.35. The molecule has 6 heavy (non-hydrogen) atoms. The van der Waals surface area contributed by atoms with Crippen LogP contribution in [-0.4, -0.2) is 30.9 Å². The topological polar surface area (TPSA) is 20.2 Å². The van der Waals surface area contributed by atoms with E-state index in [2.05, 4.69) is 0 Å². The first-order valence-corrected chi connectivity index (χ1v) is 5.94. The van der Waals surface area contributed by atoms with Crippen molar-refractivity contribution in [1.82, 2.24) is 0 Å². The van der Waals surface area contributed by atoms with Gasteiger partial charge in [0.25, 0.3) is 0 Å². The van der Waals surface area contributed by atoms with Gasteiger partial charge in [-0.1, -0.05) is 0 Å². The van der Waals surface area contributed by atoms with E-state index < -0.39 is 0 Å². The number of aliphatic hydroxyl groups excluding tert-OH is 1. The first-order chi connectivity index (χ1) is 2.93. The van der Waals surface area contributed by atoms with Crippen LogP contribution in [0.2, 0.25) is 3.93 Å². The fourth-order valence-corrected chi connectivity index (χ4v) is 2.79. The molecule has 1 fully saturated rings. The molecule has 1 N–H and O–H groups in total. The third kappa shape index (κ3) is 1.47. The van der Waals surface area contributed by atoms with Crippen molar-refractivity contribution >= 4 is 21.1 Å². The molecule has 1 nitrogen and oxygen atoms in total. The zero-order valence-corrected chi connectivity index (χ0v) is 6.50. The van der Waals surface area contributed by atoms with Gasteiger partial charge in [0, 0.05) is 0 Å². The van der Waals surface area contributed by atoms with Crippen LogP contribution in [-0.2, 0) is 0 Å². The van der Waals surface area contributed by atoms with E-state index >= 15 is 0 Å². The number of hydrogen-bond acceptors (Lipinski definition) is 1. The molecule has 1 aliphatic carbocycles. The Balaban J connectivity index is 1.88. The van der Waals surface area contributed by atoms with E-state index in [9.17, 15) is 0 Å². The molecule has 0 aromatic carbocycles. The summed E-state index contributed by atoms with van der Waals surface area (Å²) in [6.07, 6.45) is 2.87. The summed E-state index contributed by atoms with van der Waals surface area (Å²) in [4.78, 5) is 0. The van der Waals surface area contributed by atoms with E-state index in [-0.39, 0.29) is 21.1 Å². The summed E-state index contributed by atoms with van der Waals surface area (Å²) < 4.78 is 1.63. The maximum absolute atomic E-state index is 8.35. The summed E-state index contributed by atoms with van der Waals surface area (Å²) in [7, 11) is 0. The zero-order chi connectivity index (χ0) is 4.41. The van der Waals surface area contributed by atoms with Gasteiger partial charge in [0.1, 0.15) is 0 Å². The van der Waals surface area contributed by atoms with Gasteiger partial charge in [0.15, 0.2) is 0 Å². The third-order valence-corrected chi connectivity index (χ3v) is 4.77. The molecule has 1 aliphatic rings. The second kappa shape index (κ2) is 2.17. The van der Waals surface area contributed by atoms with Crippen LogP contribution < -0.4 is 0 Å². The summed E-state index contributed by atoms with van der Waals surface area (Å²) in [6, 6.07) is 0. The van der Waals surface area contributed by atoms with Crippen molar-refractivity contribution in [1.29, 1.82) is 0 Å². The van der Waals surface area contributed by atoms with Crippen LogP contribution in [0.3, 0.4) is 0 Å². The van der Waals surface area contributed by atoms with Gasteiger partial charge in [-0.2, -0.15) is 0 Å². The average molecular weight is 191 g/mol. The molecular formula is C4H8OSn. The van der Waals surface area contributed by atoms with E-state index in [0.29, 0.717) is 4.62 Å². The Morgan fingerprint density at radius 1 is 1.67 bits per heavy atom. The summed E-state index contributed by atoms with van der Waals surface area (Å²) in [5.74, 6) is 0. The van der Waals surface area contributed by atoms with Crippen molar-refractivity contribution in [3.8, 4) is 0 Å². The molecular weight excluding hydrogens is 183 g/mol. The molecule has 2 heteroatoms. The Kier molecular flexibility index (Phi) is 1.77. The minimum atomic E-state index is -0.205. The van der Waals surface area contributed by atoms with E-state index in [1.165, 1.54) is 12.8 Å². The van der Waals surface area contributed by atoms with Crippen molar-refractivity contribution < 1.29 is 5.11 Å². The van der Waals surface area contributed by atoms with Gasteiger partial charge >= 0.3 is 47.6 Å². The van der Waals surface area contributed by atoms with Gasteiger partial charge < -0.3 is 0 Å². The number of hydrogen-bond donors (Lipinski definition) is 1. The molecule has 34 valence electrons. The van der Waals surface area contributed by atoms with Crippen LogP contribution in [0.25, 0.3) is 0 Å². The van der Waals surface area contributed by atoms with E-state index in [4.69, 9.17) is 5.11 Å². The SMILES string of the molecule is O[CH2][Sn][CH]1CC1. The molecule has 2 radical (unpaired) electrons. The molecule has 0 heterocycles. The van der Waals surface area contributed by atoms with Crippen molar-refractivity contribution in [3.63, 3.8) is 0 Å². The van der Waals surface area contributed by atoms with Crippen LogP contribution in [0.4, 0.5) is 0 Å². The van der Waals surface area contributed by atoms with E-state index in [0.717, 1.165) is 3.93 Å². The predicted octanol–water partition coefficient (Wildman–Crippen LogP) is 0.223. The third-order valence-electron chi connectivity index (χ3n) is 0.957. The molecule has 0 spiro atoms. The summed E-state index contributed by atoms with van der Waals surface area (Å²) in [5.41, 5.74) is 0. The zero-order valence-electron chi connectivity index (χ0n) is 3.65. The molecule has 0 aliphatic heterocycles. The van der Waals surface area contributed by atoms with Crippen molar-refractivity contribution in [2.75, 3.05) is 4.62 Å². The van der Waals surface area contributed by atoms with Gasteiger partial charge in [0.2, 0.25) is 0 Å². The predicted molar refractivity (Wildman–Crippen MR) is 25.8 cm³/mol. The molecule has 0 aromatic heterocycles. The molecule has 0 amide bonds. The molecule has 0 bridgehead atoms. The number of rotatable bonds is 2. The molecule has 0 saturated heterocycles. The summed E-state index contributed by atoms with van der Waals surface area (Å²) >= 11 is -0.205. The van der Waals surface area contributed by atoms with Gasteiger partial charge in [-0.3, -0.25) is 0 Å². The minimum absolute atomic E-state index is 0.205. The van der Waals surface area contributed by atoms with Crippen LogP contribution in [0.15, 0.2) is 0 Å². The molecule has 0 aromatic rings. The molecule has 1 saturated carbocycles. The summed E-state index contributed by atoms with van der Waals surface area (Å²) in [6.45, 7) is 0. The fraction of sp³-hybridized carbons (Fsp3) is 1.00. The Hall–Kier alpha value is 0.759. The first kappa shape index (κ1) is 4.91. The van der Waals surface area contributed by atoms with Crippen LogP contribution in [0, 0.1) is 0 Å². The maximum atomic E-state index is 8.35. The van der Waals surface area contributed by atoms with E-state index in [1.807, 2.05) is 0 Å². The molecule has 1 rings (SSSR count). The Morgan fingerprint density at radius 3 is 2.50 bits per heavy atom. The molecule has 0 atom stereocenters. The van der Waals surface area contributed by atoms with Gasteiger partial charge in [0.05, 0.1) is 0 Å². The Bertz CT molecular complexity index is 42.8. The van der Waals surface area contributed by atoms with Crippen LogP contribution in [0.5, 0.6) is 0 Å². The van der Waals surface area contributed by atoms with Crippen molar-refractivity contribution in [3.05, 3.63) is 0 Å². The van der Waals surface area contributed by atoms with Gasteiger partial charge in [-0.05, 0) is 0 Å². The normalized spacial score (nSPS) is 21.5. The van der Waals surface area contributed by atoms with Crippen molar-refractivity contribution in [2.45, 2.75) is 16.8 Å². The van der Waals surface area contributed by atoms with E-state index in [1.54, 1.807) is 0 Å². The van der Waals surface area contributed by atoms with Crippen LogP contribution in [0.1, 0.15) is 12.8 Å². The fourth-order valence-electron chi connectivity index (χ4n) is 0.417. The first-order valence-electron chi connectivity index (χ1n) is 2.27. The Labute approximate surface area is 48.0 Å². The quantitative estimate of drug-likeness (QED) is 0.619. The van der Waals surface area contributed by atoms with Gasteiger partial charge in [-0.25, -0.2) is 0 Å². The second-order valence-corrected chi connectivity index (χ2v) is 6.03. The molecule has 0 unspecified atom stereocenters. The standard InChI is InChI=1S/C3H5.CH3O.Sn/c1-2-3-1;1-2;/h1H,2-3H2;2H,1H2;. The van der Waals surface area contributed by atoms with Crippen LogP contribution >= 0.6 is 0 Å². The van der Waals surface area contributed by atoms with Crippen molar-refractivity contribution in [2.24, 2.45) is 0 Å². The number of aliphatic hydroxyl groups is 1. The van der Waals surface area contributed by atoms with Gasteiger partial charge in [-0.15, -0.1) is 0 Å². The monoisotopic (exact) mass is 192 g/mol. The Morgan fingerprint density at radius 2 is 2.33 bits per heavy atom. The second-order valence-electron chi connectivity index (χ2n) is 1.64. The average Bonchev–Trinajstić information content (AvgIpc) is 2.21.